The van der Waals surface area contributed by atoms with Crippen LogP contribution in [-0.4, -0.2) is 27.2 Å². The van der Waals surface area contributed by atoms with Gasteiger partial charge in [0.25, 0.3) is 0 Å². The van der Waals surface area contributed by atoms with Gasteiger partial charge in [-0.05, 0) is 7.05 Å². The molecule has 14 heavy (non-hydrogen) atoms. The molecule has 0 saturated carbocycles. The van der Waals surface area contributed by atoms with E-state index < -0.39 is 0 Å². The lowest BCUT2D eigenvalue weighted by atomic mass is 10.4. The molecular formula is C8H11N5O. The maximum Gasteiger partial charge on any atom is 0.158 e. The van der Waals surface area contributed by atoms with Crippen molar-refractivity contribution in [2.24, 2.45) is 0 Å². The zero-order valence-electron chi connectivity index (χ0n) is 7.84. The predicted octanol–water partition coefficient (Wildman–Crippen LogP) is 0.0338. The Balaban J connectivity index is 2.03. The summed E-state index contributed by atoms with van der Waals surface area (Å²) >= 11 is 0. The number of hydrogen-bond acceptors (Lipinski definition) is 5. The first-order valence-corrected chi connectivity index (χ1v) is 4.31. The second-order valence-electron chi connectivity index (χ2n) is 2.92. The molecule has 0 unspecified atom stereocenters. The molecule has 0 atom stereocenters. The number of nitrogens with zero attached hydrogens (tertiary/aromatic N) is 4. The lowest BCUT2D eigenvalue weighted by molar-refractivity contribution is 0.370. The molecule has 2 aromatic heterocycles. The molecule has 0 aliphatic carbocycles. The van der Waals surface area contributed by atoms with Gasteiger partial charge in [-0.15, -0.1) is 5.10 Å². The summed E-state index contributed by atoms with van der Waals surface area (Å²) in [5, 5.41) is 14.5. The third kappa shape index (κ3) is 1.97. The second-order valence-corrected chi connectivity index (χ2v) is 2.92. The molecule has 0 spiro atoms. The summed E-state index contributed by atoms with van der Waals surface area (Å²) in [6.07, 6.45) is 3.49. The van der Waals surface area contributed by atoms with Gasteiger partial charge in [0.15, 0.2) is 5.76 Å². The van der Waals surface area contributed by atoms with Crippen LogP contribution in [-0.2, 0) is 13.1 Å². The normalized spacial score (nSPS) is 10.6. The summed E-state index contributed by atoms with van der Waals surface area (Å²) in [6.45, 7) is 1.28. The largest absolute Gasteiger partial charge is 0.359 e. The number of aromatic nitrogens is 4. The molecule has 0 saturated heterocycles. The summed E-state index contributed by atoms with van der Waals surface area (Å²) in [6, 6.07) is 1.80. The van der Waals surface area contributed by atoms with Gasteiger partial charge in [0.2, 0.25) is 0 Å². The van der Waals surface area contributed by atoms with Gasteiger partial charge in [-0.3, -0.25) is 0 Å². The summed E-state index contributed by atoms with van der Waals surface area (Å²) < 4.78 is 6.67. The van der Waals surface area contributed by atoms with Gasteiger partial charge in [-0.2, -0.15) is 0 Å². The minimum Gasteiger partial charge on any atom is -0.359 e. The van der Waals surface area contributed by atoms with E-state index in [2.05, 4.69) is 20.8 Å². The van der Waals surface area contributed by atoms with Crippen LogP contribution in [0.1, 0.15) is 11.5 Å². The van der Waals surface area contributed by atoms with E-state index in [1.165, 1.54) is 0 Å². The van der Waals surface area contributed by atoms with Crippen molar-refractivity contribution in [2.45, 2.75) is 13.1 Å². The van der Waals surface area contributed by atoms with Gasteiger partial charge >= 0.3 is 0 Å². The van der Waals surface area contributed by atoms with E-state index in [0.29, 0.717) is 6.54 Å². The summed E-state index contributed by atoms with van der Waals surface area (Å²) in [7, 11) is 1.87. The molecule has 2 rings (SSSR count). The SMILES string of the molecule is CNCc1cn(Cc2ccno2)nn1. The van der Waals surface area contributed by atoms with Crippen LogP contribution >= 0.6 is 0 Å². The first-order chi connectivity index (χ1) is 6.88. The summed E-state index contributed by atoms with van der Waals surface area (Å²) in [5.41, 5.74) is 0.909. The van der Waals surface area contributed by atoms with Crippen molar-refractivity contribution in [1.29, 1.82) is 0 Å². The minimum atomic E-state index is 0.566. The molecule has 74 valence electrons. The van der Waals surface area contributed by atoms with E-state index in [1.54, 1.807) is 16.9 Å². The van der Waals surface area contributed by atoms with Crippen LogP contribution in [0.15, 0.2) is 23.0 Å². The van der Waals surface area contributed by atoms with Crippen molar-refractivity contribution < 1.29 is 4.52 Å². The van der Waals surface area contributed by atoms with E-state index in [-0.39, 0.29) is 0 Å². The Morgan fingerprint density at radius 2 is 2.50 bits per heavy atom. The Morgan fingerprint density at radius 3 is 3.21 bits per heavy atom. The molecule has 0 fully saturated rings. The van der Waals surface area contributed by atoms with Crippen molar-refractivity contribution in [3.05, 3.63) is 29.9 Å². The van der Waals surface area contributed by atoms with Crippen LogP contribution in [0, 0.1) is 0 Å². The lowest BCUT2D eigenvalue weighted by Gasteiger charge is -1.93. The first kappa shape index (κ1) is 8.89. The van der Waals surface area contributed by atoms with Crippen molar-refractivity contribution in [1.82, 2.24) is 25.5 Å². The third-order valence-corrected chi connectivity index (χ3v) is 1.75. The third-order valence-electron chi connectivity index (χ3n) is 1.75. The molecule has 2 heterocycles. The Bertz CT molecular complexity index is 380. The average molecular weight is 193 g/mol. The highest BCUT2D eigenvalue weighted by Crippen LogP contribution is 2.00. The van der Waals surface area contributed by atoms with Crippen molar-refractivity contribution in [2.75, 3.05) is 7.05 Å². The Hall–Kier alpha value is -1.69. The lowest BCUT2D eigenvalue weighted by Crippen LogP contribution is -2.05. The quantitative estimate of drug-likeness (QED) is 0.742. The van der Waals surface area contributed by atoms with Crippen LogP contribution in [0.25, 0.3) is 0 Å². The van der Waals surface area contributed by atoms with Crippen molar-refractivity contribution in [3.63, 3.8) is 0 Å². The van der Waals surface area contributed by atoms with E-state index in [1.807, 2.05) is 13.2 Å². The minimum absolute atomic E-state index is 0.566. The molecule has 0 amide bonds. The molecule has 2 aromatic rings. The van der Waals surface area contributed by atoms with Crippen LogP contribution < -0.4 is 5.32 Å². The number of nitrogens with one attached hydrogen (secondary N) is 1. The highest BCUT2D eigenvalue weighted by Gasteiger charge is 2.02. The Morgan fingerprint density at radius 1 is 1.57 bits per heavy atom. The molecule has 6 heteroatoms. The maximum atomic E-state index is 4.95. The standard InChI is InChI=1S/C8H11N5O/c1-9-4-7-5-13(12-11-7)6-8-2-3-10-14-8/h2-3,5,9H,4,6H2,1H3. The fraction of sp³-hybridized carbons (Fsp3) is 0.375. The number of hydrogen-bond donors (Lipinski definition) is 1. The van der Waals surface area contributed by atoms with Crippen LogP contribution in [0.5, 0.6) is 0 Å². The van der Waals surface area contributed by atoms with Crippen LogP contribution in [0.4, 0.5) is 0 Å². The van der Waals surface area contributed by atoms with Crippen LogP contribution in [0.3, 0.4) is 0 Å². The van der Waals surface area contributed by atoms with E-state index in [4.69, 9.17) is 4.52 Å². The molecule has 0 aliphatic rings. The summed E-state index contributed by atoms with van der Waals surface area (Å²) in [5.74, 6) is 0.769. The monoisotopic (exact) mass is 193 g/mol. The molecule has 0 bridgehead atoms. The number of rotatable bonds is 4. The summed E-state index contributed by atoms with van der Waals surface area (Å²) in [4.78, 5) is 0. The van der Waals surface area contributed by atoms with Gasteiger partial charge in [-0.25, -0.2) is 4.68 Å². The molecular weight excluding hydrogens is 182 g/mol. The highest BCUT2D eigenvalue weighted by atomic mass is 16.5. The fourth-order valence-electron chi connectivity index (χ4n) is 1.16. The fourth-order valence-corrected chi connectivity index (χ4v) is 1.16. The van der Waals surface area contributed by atoms with Gasteiger partial charge in [0.05, 0.1) is 18.1 Å². The molecule has 0 radical (unpaired) electrons. The van der Waals surface area contributed by atoms with Crippen molar-refractivity contribution in [3.8, 4) is 0 Å². The van der Waals surface area contributed by atoms with Gasteiger partial charge in [0.1, 0.15) is 6.54 Å². The smallest absolute Gasteiger partial charge is 0.158 e. The van der Waals surface area contributed by atoms with Gasteiger partial charge < -0.3 is 9.84 Å². The highest BCUT2D eigenvalue weighted by molar-refractivity contribution is 4.96. The first-order valence-electron chi connectivity index (χ1n) is 4.31. The van der Waals surface area contributed by atoms with E-state index in [9.17, 15) is 0 Å². The van der Waals surface area contributed by atoms with E-state index in [0.717, 1.165) is 18.0 Å². The topological polar surface area (TPSA) is 68.8 Å². The zero-order valence-corrected chi connectivity index (χ0v) is 7.84. The predicted molar refractivity (Wildman–Crippen MR) is 48.4 cm³/mol. The Labute approximate surface area is 80.9 Å². The second kappa shape index (κ2) is 4.01. The maximum absolute atomic E-state index is 4.95. The Kier molecular flexibility index (Phi) is 2.55. The van der Waals surface area contributed by atoms with Gasteiger partial charge in [-0.1, -0.05) is 10.4 Å². The van der Waals surface area contributed by atoms with Crippen molar-refractivity contribution >= 4 is 0 Å². The molecule has 1 N–H and O–H groups in total. The molecule has 0 aliphatic heterocycles. The van der Waals surface area contributed by atoms with Gasteiger partial charge in [0, 0.05) is 12.6 Å². The van der Waals surface area contributed by atoms with Crippen LogP contribution in [0.2, 0.25) is 0 Å². The molecule has 6 nitrogen and oxygen atoms in total. The average Bonchev–Trinajstić information content (AvgIpc) is 2.79. The van der Waals surface area contributed by atoms with E-state index >= 15 is 0 Å². The molecule has 0 aromatic carbocycles. The zero-order chi connectivity index (χ0) is 9.80.